The van der Waals surface area contributed by atoms with Gasteiger partial charge in [0.15, 0.2) is 15.7 Å². The molecule has 0 saturated heterocycles. The van der Waals surface area contributed by atoms with Crippen molar-refractivity contribution >= 4 is 25.8 Å². The first-order chi connectivity index (χ1) is 12.2. The smallest absolute Gasteiger partial charge is 0.295 e. The summed E-state index contributed by atoms with van der Waals surface area (Å²) in [6.07, 6.45) is -1.94. The van der Waals surface area contributed by atoms with Gasteiger partial charge in [-0.25, -0.2) is 26.6 Å². The third-order valence-electron chi connectivity index (χ3n) is 3.67. The normalized spacial score (nSPS) is 11.9. The Bertz CT molecular complexity index is 1060. The van der Waals surface area contributed by atoms with E-state index in [1.807, 2.05) is 0 Å². The van der Waals surface area contributed by atoms with Gasteiger partial charge < -0.3 is 4.98 Å². The first kappa shape index (κ1) is 18.7. The van der Waals surface area contributed by atoms with Crippen LogP contribution < -0.4 is 0 Å². The van der Waals surface area contributed by atoms with Gasteiger partial charge in [0.2, 0.25) is 0 Å². The zero-order chi connectivity index (χ0) is 19.1. The molecule has 0 aliphatic carbocycles. The van der Waals surface area contributed by atoms with E-state index in [-0.39, 0.29) is 11.3 Å². The number of hydrogen-bond acceptors (Lipinski definition) is 3. The summed E-state index contributed by atoms with van der Waals surface area (Å²) in [7, 11) is -3.74. The molecule has 3 rings (SSSR count). The molecule has 1 heterocycles. The molecule has 136 valence electrons. The molecule has 0 aliphatic rings. The molecule has 1 N–H and O–H groups in total. The van der Waals surface area contributed by atoms with Crippen molar-refractivity contribution in [1.29, 1.82) is 0 Å². The maximum Gasteiger partial charge on any atom is 0.295 e. The van der Waals surface area contributed by atoms with Gasteiger partial charge in [-0.05, 0) is 24.3 Å². The maximum atomic E-state index is 14.2. The summed E-state index contributed by atoms with van der Waals surface area (Å²) in [6.45, 7) is 0. The molecule has 0 atom stereocenters. The Morgan fingerprint density at radius 1 is 1.08 bits per heavy atom. The van der Waals surface area contributed by atoms with Crippen LogP contribution in [0.2, 0.25) is 0 Å². The first-order valence-electron chi connectivity index (χ1n) is 7.31. The average molecular weight is 445 g/mol. The van der Waals surface area contributed by atoms with Crippen LogP contribution in [0.4, 0.5) is 13.2 Å². The summed E-state index contributed by atoms with van der Waals surface area (Å²) in [4.78, 5) is 5.98. The van der Waals surface area contributed by atoms with Gasteiger partial charge in [0, 0.05) is 21.9 Å². The third-order valence-corrected chi connectivity index (χ3v) is 5.33. The molecule has 0 amide bonds. The van der Waals surface area contributed by atoms with Crippen molar-refractivity contribution in [3.63, 3.8) is 0 Å². The van der Waals surface area contributed by atoms with Crippen molar-refractivity contribution in [3.05, 3.63) is 58.6 Å². The van der Waals surface area contributed by atoms with E-state index < -0.39 is 32.8 Å². The summed E-state index contributed by atoms with van der Waals surface area (Å²) < 4.78 is 64.3. The number of halogens is 4. The van der Waals surface area contributed by atoms with Crippen LogP contribution in [0.3, 0.4) is 0 Å². The quantitative estimate of drug-likeness (QED) is 0.616. The Labute approximate surface area is 156 Å². The molecule has 0 radical (unpaired) electrons. The predicted molar refractivity (Wildman–Crippen MR) is 95.2 cm³/mol. The molecule has 0 spiro atoms. The number of imidazole rings is 1. The van der Waals surface area contributed by atoms with Crippen molar-refractivity contribution in [2.75, 3.05) is 6.26 Å². The van der Waals surface area contributed by atoms with Gasteiger partial charge >= 0.3 is 0 Å². The zero-order valence-corrected chi connectivity index (χ0v) is 15.7. The van der Waals surface area contributed by atoms with E-state index in [4.69, 9.17) is 0 Å². The highest BCUT2D eigenvalue weighted by Gasteiger charge is 2.21. The van der Waals surface area contributed by atoms with E-state index in [0.29, 0.717) is 11.3 Å². The molecule has 0 aliphatic heterocycles. The van der Waals surface area contributed by atoms with Crippen molar-refractivity contribution in [2.45, 2.75) is 11.3 Å². The van der Waals surface area contributed by atoms with Crippen molar-refractivity contribution in [3.8, 4) is 22.5 Å². The largest absolute Gasteiger partial charge is 0.337 e. The second-order valence-electron chi connectivity index (χ2n) is 5.57. The fourth-order valence-electron chi connectivity index (χ4n) is 2.48. The lowest BCUT2D eigenvalue weighted by molar-refractivity contribution is 0.141. The number of alkyl halides is 2. The van der Waals surface area contributed by atoms with Gasteiger partial charge in [-0.1, -0.05) is 34.1 Å². The molecular formula is C17H12BrF3N2O2S. The molecule has 4 nitrogen and oxygen atoms in total. The van der Waals surface area contributed by atoms with Gasteiger partial charge in [0.05, 0.1) is 11.4 Å². The van der Waals surface area contributed by atoms with Crippen molar-refractivity contribution in [1.82, 2.24) is 9.97 Å². The molecule has 0 unspecified atom stereocenters. The monoisotopic (exact) mass is 444 g/mol. The van der Waals surface area contributed by atoms with E-state index in [0.717, 1.165) is 22.9 Å². The van der Waals surface area contributed by atoms with Crippen molar-refractivity contribution in [2.24, 2.45) is 0 Å². The zero-order valence-electron chi connectivity index (χ0n) is 13.3. The minimum atomic E-state index is -3.74. The van der Waals surface area contributed by atoms with Crippen LogP contribution in [0.5, 0.6) is 0 Å². The molecule has 3 aromatic rings. The Morgan fingerprint density at radius 3 is 2.23 bits per heavy atom. The van der Waals surface area contributed by atoms with Crippen molar-refractivity contribution < 1.29 is 21.6 Å². The SMILES string of the molecule is CS(=O)(=O)c1ccc(-c2nc(C(F)F)[nH]c2-c2ccc(Br)cc2)cc1F. The second kappa shape index (κ2) is 6.88. The minimum absolute atomic E-state index is 0.113. The topological polar surface area (TPSA) is 62.8 Å². The van der Waals surface area contributed by atoms with E-state index in [1.54, 1.807) is 24.3 Å². The molecule has 26 heavy (non-hydrogen) atoms. The highest BCUT2D eigenvalue weighted by Crippen LogP contribution is 2.34. The average Bonchev–Trinajstić information content (AvgIpc) is 3.00. The van der Waals surface area contributed by atoms with Gasteiger partial charge in [0.1, 0.15) is 10.7 Å². The number of aromatic nitrogens is 2. The Hall–Kier alpha value is -2.13. The van der Waals surface area contributed by atoms with Crippen LogP contribution in [0.15, 0.2) is 51.8 Å². The van der Waals surface area contributed by atoms with E-state index in [9.17, 15) is 21.6 Å². The van der Waals surface area contributed by atoms with E-state index in [1.165, 1.54) is 6.07 Å². The van der Waals surface area contributed by atoms with Crippen LogP contribution >= 0.6 is 15.9 Å². The standard InChI is InChI=1S/C17H12BrF3N2O2S/c1-26(24,25)13-7-4-10(8-12(13)19)15-14(22-17(23-15)16(20)21)9-2-5-11(18)6-3-9/h2-8,16H,1H3,(H,22,23). The van der Waals surface area contributed by atoms with Crippen LogP contribution in [0.25, 0.3) is 22.5 Å². The Kier molecular flexibility index (Phi) is 4.94. The van der Waals surface area contributed by atoms with E-state index >= 15 is 0 Å². The second-order valence-corrected chi connectivity index (χ2v) is 8.47. The first-order valence-corrected chi connectivity index (χ1v) is 9.99. The van der Waals surface area contributed by atoms with Gasteiger partial charge in [-0.3, -0.25) is 0 Å². The predicted octanol–water partition coefficient (Wildman–Crippen LogP) is 4.99. The molecule has 0 bridgehead atoms. The number of sulfone groups is 1. The number of nitrogens with one attached hydrogen (secondary N) is 1. The Balaban J connectivity index is 2.18. The molecule has 0 saturated carbocycles. The van der Waals surface area contributed by atoms with Crippen LogP contribution in [-0.2, 0) is 9.84 Å². The summed E-state index contributed by atoms with van der Waals surface area (Å²) >= 11 is 3.29. The minimum Gasteiger partial charge on any atom is -0.337 e. The number of hydrogen-bond donors (Lipinski definition) is 1. The summed E-state index contributed by atoms with van der Waals surface area (Å²) in [5, 5.41) is 0. The molecular weight excluding hydrogens is 433 g/mol. The lowest BCUT2D eigenvalue weighted by Gasteiger charge is -2.06. The number of aromatic amines is 1. The van der Waals surface area contributed by atoms with Gasteiger partial charge in [-0.2, -0.15) is 0 Å². The van der Waals surface area contributed by atoms with Crippen LogP contribution in [0.1, 0.15) is 12.2 Å². The number of rotatable bonds is 4. The fourth-order valence-corrected chi connectivity index (χ4v) is 3.47. The number of H-pyrrole nitrogens is 1. The molecule has 9 heteroatoms. The highest BCUT2D eigenvalue weighted by molar-refractivity contribution is 9.10. The lowest BCUT2D eigenvalue weighted by Crippen LogP contribution is -2.00. The molecule has 1 aromatic heterocycles. The van der Waals surface area contributed by atoms with Crippen LogP contribution in [0, 0.1) is 5.82 Å². The fraction of sp³-hybridized carbons (Fsp3) is 0.118. The summed E-state index contributed by atoms with van der Waals surface area (Å²) in [6, 6.07) is 10.3. The lowest BCUT2D eigenvalue weighted by atomic mass is 10.1. The van der Waals surface area contributed by atoms with E-state index in [2.05, 4.69) is 25.9 Å². The third kappa shape index (κ3) is 3.68. The molecule has 0 fully saturated rings. The Morgan fingerprint density at radius 2 is 1.69 bits per heavy atom. The van der Waals surface area contributed by atoms with Gasteiger partial charge in [0.25, 0.3) is 6.43 Å². The number of benzene rings is 2. The van der Waals surface area contributed by atoms with Crippen LogP contribution in [-0.4, -0.2) is 24.6 Å². The molecule has 2 aromatic carbocycles. The highest BCUT2D eigenvalue weighted by atomic mass is 79.9. The van der Waals surface area contributed by atoms with Gasteiger partial charge in [-0.15, -0.1) is 0 Å². The maximum absolute atomic E-state index is 14.2. The number of nitrogens with zero attached hydrogens (tertiary/aromatic N) is 1. The summed E-state index contributed by atoms with van der Waals surface area (Å²) in [5.74, 6) is -1.51. The summed E-state index contributed by atoms with van der Waals surface area (Å²) in [5.41, 5.74) is 1.17.